The Hall–Kier alpha value is -2.66. The summed E-state index contributed by atoms with van der Waals surface area (Å²) in [6, 6.07) is 14.6. The van der Waals surface area contributed by atoms with Gasteiger partial charge in [-0.1, -0.05) is 36.4 Å². The summed E-state index contributed by atoms with van der Waals surface area (Å²) in [7, 11) is 0. The predicted octanol–water partition coefficient (Wildman–Crippen LogP) is 1.56. The van der Waals surface area contributed by atoms with E-state index in [-0.39, 0.29) is 5.91 Å². The first kappa shape index (κ1) is 16.8. The first-order valence-electron chi connectivity index (χ1n) is 9.24. The molecule has 5 heteroatoms. The van der Waals surface area contributed by atoms with Crippen molar-refractivity contribution in [3.8, 4) is 11.3 Å². The molecular formula is C21H25N4O+. The number of quaternary nitrogens is 1. The molecule has 26 heavy (non-hydrogen) atoms. The zero-order valence-corrected chi connectivity index (χ0v) is 15.4. The van der Waals surface area contributed by atoms with Crippen molar-refractivity contribution in [1.82, 2.24) is 14.3 Å². The minimum absolute atomic E-state index is 0.180. The molecule has 1 aliphatic rings. The van der Waals surface area contributed by atoms with Crippen LogP contribution in [0.5, 0.6) is 0 Å². The van der Waals surface area contributed by atoms with Crippen molar-refractivity contribution in [2.24, 2.45) is 0 Å². The highest BCUT2D eigenvalue weighted by Gasteiger charge is 2.24. The fourth-order valence-electron chi connectivity index (χ4n) is 3.75. The molecule has 0 unspecified atom stereocenters. The number of benzene rings is 1. The van der Waals surface area contributed by atoms with Crippen LogP contribution in [0.1, 0.15) is 18.2 Å². The highest BCUT2D eigenvalue weighted by Crippen LogP contribution is 2.24. The van der Waals surface area contributed by atoms with E-state index < -0.39 is 0 Å². The largest absolute Gasteiger partial charge is 0.332 e. The van der Waals surface area contributed by atoms with Crippen molar-refractivity contribution >= 4 is 11.6 Å². The monoisotopic (exact) mass is 349 g/mol. The molecule has 4 rings (SSSR count). The Kier molecular flexibility index (Phi) is 4.47. The zero-order valence-electron chi connectivity index (χ0n) is 15.4. The van der Waals surface area contributed by atoms with Gasteiger partial charge in [-0.25, -0.2) is 4.98 Å². The number of nitrogens with one attached hydrogen (secondary N) is 1. The van der Waals surface area contributed by atoms with E-state index >= 15 is 0 Å². The molecule has 5 nitrogen and oxygen atoms in total. The van der Waals surface area contributed by atoms with E-state index in [9.17, 15) is 4.79 Å². The van der Waals surface area contributed by atoms with Crippen LogP contribution in [0, 0.1) is 6.92 Å². The first-order chi connectivity index (χ1) is 12.6. The van der Waals surface area contributed by atoms with Crippen LogP contribution in [0.3, 0.4) is 0 Å². The lowest BCUT2D eigenvalue weighted by molar-refractivity contribution is -0.917. The molecule has 134 valence electrons. The fraction of sp³-hybridized carbons (Fsp3) is 0.333. The molecule has 0 saturated carbocycles. The summed E-state index contributed by atoms with van der Waals surface area (Å²) in [6.07, 6.45) is 2.18. The SMILES string of the molecule is CC(=O)N1CC[NH+](Cc2c(-c3ccccc3)nc3ccc(C)cn23)CC1. The number of amides is 1. The van der Waals surface area contributed by atoms with Crippen molar-refractivity contribution in [3.63, 3.8) is 0 Å². The van der Waals surface area contributed by atoms with Crippen LogP contribution in [0.25, 0.3) is 16.9 Å². The third-order valence-corrected chi connectivity index (χ3v) is 5.25. The maximum absolute atomic E-state index is 11.6. The standard InChI is InChI=1S/C21H24N4O/c1-16-8-9-20-22-21(18-6-4-3-5-7-18)19(25(20)14-16)15-23-10-12-24(13-11-23)17(2)26/h3-9,14H,10-13,15H2,1-2H3/p+1. The number of aromatic nitrogens is 2. The Labute approximate surface area is 153 Å². The van der Waals surface area contributed by atoms with E-state index in [4.69, 9.17) is 4.98 Å². The number of carbonyl (C=O) groups is 1. The number of piperazine rings is 1. The molecular weight excluding hydrogens is 324 g/mol. The van der Waals surface area contributed by atoms with Crippen LogP contribution in [0.15, 0.2) is 48.7 Å². The molecule has 3 aromatic rings. The minimum atomic E-state index is 0.180. The molecule has 0 radical (unpaired) electrons. The van der Waals surface area contributed by atoms with Crippen molar-refractivity contribution in [2.75, 3.05) is 26.2 Å². The van der Waals surface area contributed by atoms with Gasteiger partial charge in [0.05, 0.1) is 31.9 Å². The van der Waals surface area contributed by atoms with Crippen LogP contribution in [0.2, 0.25) is 0 Å². The summed E-state index contributed by atoms with van der Waals surface area (Å²) in [6.45, 7) is 8.32. The van der Waals surface area contributed by atoms with Crippen molar-refractivity contribution in [3.05, 3.63) is 59.9 Å². The number of pyridine rings is 1. The molecule has 3 heterocycles. The second-order valence-corrected chi connectivity index (χ2v) is 7.14. The van der Waals surface area contributed by atoms with Gasteiger partial charge >= 0.3 is 0 Å². The van der Waals surface area contributed by atoms with E-state index in [0.717, 1.165) is 49.6 Å². The van der Waals surface area contributed by atoms with E-state index in [2.05, 4.69) is 53.9 Å². The lowest BCUT2D eigenvalue weighted by Gasteiger charge is -2.31. The summed E-state index contributed by atoms with van der Waals surface area (Å²) < 4.78 is 2.24. The van der Waals surface area contributed by atoms with Crippen LogP contribution >= 0.6 is 0 Å². The lowest BCUT2D eigenvalue weighted by atomic mass is 10.1. The molecule has 1 N–H and O–H groups in total. The highest BCUT2D eigenvalue weighted by molar-refractivity contribution is 5.73. The van der Waals surface area contributed by atoms with Gasteiger partial charge < -0.3 is 9.80 Å². The van der Waals surface area contributed by atoms with Gasteiger partial charge in [-0.05, 0) is 18.6 Å². The Bertz CT molecular complexity index is 924. The molecule has 0 bridgehead atoms. The molecule has 2 aromatic heterocycles. The maximum atomic E-state index is 11.6. The number of hydrogen-bond acceptors (Lipinski definition) is 2. The predicted molar refractivity (Wildman–Crippen MR) is 102 cm³/mol. The van der Waals surface area contributed by atoms with Crippen molar-refractivity contribution in [2.45, 2.75) is 20.4 Å². The van der Waals surface area contributed by atoms with Gasteiger partial charge in [-0.3, -0.25) is 9.20 Å². The molecule has 0 spiro atoms. The summed E-state index contributed by atoms with van der Waals surface area (Å²) in [4.78, 5) is 19.9. The Balaban J connectivity index is 1.69. The quantitative estimate of drug-likeness (QED) is 0.780. The number of carbonyl (C=O) groups excluding carboxylic acids is 1. The number of hydrogen-bond donors (Lipinski definition) is 1. The van der Waals surface area contributed by atoms with Gasteiger partial charge in [0.2, 0.25) is 5.91 Å². The first-order valence-corrected chi connectivity index (χ1v) is 9.24. The van der Waals surface area contributed by atoms with Crippen LogP contribution < -0.4 is 4.90 Å². The van der Waals surface area contributed by atoms with Crippen LogP contribution in [0.4, 0.5) is 0 Å². The average molecular weight is 349 g/mol. The normalized spacial score (nSPS) is 15.5. The van der Waals surface area contributed by atoms with Gasteiger partial charge in [0.25, 0.3) is 0 Å². The Morgan fingerprint density at radius 1 is 1.12 bits per heavy atom. The van der Waals surface area contributed by atoms with E-state index in [1.165, 1.54) is 16.2 Å². The number of rotatable bonds is 3. The van der Waals surface area contributed by atoms with E-state index in [0.29, 0.717) is 0 Å². The summed E-state index contributed by atoms with van der Waals surface area (Å²) in [5.41, 5.74) is 5.70. The Morgan fingerprint density at radius 2 is 1.85 bits per heavy atom. The number of imidazole rings is 1. The highest BCUT2D eigenvalue weighted by atomic mass is 16.2. The van der Waals surface area contributed by atoms with Gasteiger partial charge in [0, 0.05) is 18.7 Å². The van der Waals surface area contributed by atoms with Crippen LogP contribution in [-0.4, -0.2) is 46.4 Å². The smallest absolute Gasteiger partial charge is 0.219 e. The van der Waals surface area contributed by atoms with Crippen molar-refractivity contribution in [1.29, 1.82) is 0 Å². The molecule has 0 atom stereocenters. The van der Waals surface area contributed by atoms with Crippen LogP contribution in [-0.2, 0) is 11.3 Å². The molecule has 1 amide bonds. The van der Waals surface area contributed by atoms with Crippen molar-refractivity contribution < 1.29 is 9.69 Å². The van der Waals surface area contributed by atoms with E-state index in [1.807, 2.05) is 11.0 Å². The van der Waals surface area contributed by atoms with Gasteiger partial charge in [-0.2, -0.15) is 0 Å². The zero-order chi connectivity index (χ0) is 18.1. The maximum Gasteiger partial charge on any atom is 0.219 e. The van der Waals surface area contributed by atoms with E-state index in [1.54, 1.807) is 6.92 Å². The Morgan fingerprint density at radius 3 is 2.54 bits per heavy atom. The van der Waals surface area contributed by atoms with Gasteiger partial charge in [-0.15, -0.1) is 0 Å². The minimum Gasteiger partial charge on any atom is -0.332 e. The second kappa shape index (κ2) is 6.92. The topological polar surface area (TPSA) is 42.0 Å². The molecule has 1 aromatic carbocycles. The lowest BCUT2D eigenvalue weighted by Crippen LogP contribution is -3.13. The molecule has 1 saturated heterocycles. The number of fused-ring (bicyclic) bond motifs is 1. The summed E-state index contributed by atoms with van der Waals surface area (Å²) in [5, 5.41) is 0. The third-order valence-electron chi connectivity index (χ3n) is 5.25. The summed E-state index contributed by atoms with van der Waals surface area (Å²) in [5.74, 6) is 0.180. The average Bonchev–Trinajstić information content (AvgIpc) is 3.01. The number of nitrogens with zero attached hydrogens (tertiary/aromatic N) is 3. The summed E-state index contributed by atoms with van der Waals surface area (Å²) >= 11 is 0. The fourth-order valence-corrected chi connectivity index (χ4v) is 3.75. The molecule has 0 aliphatic carbocycles. The third kappa shape index (κ3) is 3.22. The van der Waals surface area contributed by atoms with Gasteiger partial charge in [0.1, 0.15) is 17.9 Å². The molecule has 1 aliphatic heterocycles. The number of aryl methyl sites for hydroxylation is 1. The van der Waals surface area contributed by atoms with Gasteiger partial charge in [0.15, 0.2) is 0 Å². The molecule has 1 fully saturated rings. The second-order valence-electron chi connectivity index (χ2n) is 7.14.